The molecule has 1 aliphatic rings. The van der Waals surface area contributed by atoms with Crippen molar-refractivity contribution in [2.75, 3.05) is 0 Å². The molecular weight excluding hydrogens is 341 g/mol. The molecule has 1 N–H and O–H groups in total. The summed E-state index contributed by atoms with van der Waals surface area (Å²) in [6.07, 6.45) is -1.26. The molecule has 0 aromatic carbocycles. The zero-order valence-corrected chi connectivity index (χ0v) is 18.6. The van der Waals surface area contributed by atoms with Crippen LogP contribution in [0.3, 0.4) is 0 Å². The topological polar surface area (TPSA) is 12.0 Å². The third kappa shape index (κ3) is 5.98. The molecule has 0 aromatic heterocycles. The molecule has 0 bridgehead atoms. The average molecular weight is 372 g/mol. The van der Waals surface area contributed by atoms with Crippen LogP contribution in [0.15, 0.2) is 20.6 Å². The van der Waals surface area contributed by atoms with Crippen LogP contribution in [0.2, 0.25) is 13.1 Å². The molecule has 0 aliphatic heterocycles. The minimum Gasteiger partial charge on any atom is -0.147 e. The molecule has 1 rings (SSSR count). The van der Waals surface area contributed by atoms with E-state index in [-0.39, 0.29) is 48.8 Å². The molecule has 118 valence electrons. The van der Waals surface area contributed by atoms with Gasteiger partial charge in [0.1, 0.15) is 0 Å². The summed E-state index contributed by atoms with van der Waals surface area (Å²) in [6.45, 7) is 21.2. The summed E-state index contributed by atoms with van der Waals surface area (Å²) in [5.74, 6) is 0.707. The van der Waals surface area contributed by atoms with E-state index >= 15 is 0 Å². The molecule has 0 spiro atoms. The third-order valence-corrected chi connectivity index (χ3v) is 12.1. The molecule has 1 aliphatic carbocycles. The Bertz CT molecular complexity index is 409. The van der Waals surface area contributed by atoms with Gasteiger partial charge >= 0.3 is 123 Å². The maximum atomic E-state index is 3.93. The second-order valence-corrected chi connectivity index (χ2v) is 18.8. The second-order valence-electron chi connectivity index (χ2n) is 7.19. The summed E-state index contributed by atoms with van der Waals surface area (Å²) in [5.41, 5.74) is 5.03. The molecule has 0 fully saturated rings. The maximum absolute atomic E-state index is 3.93. The predicted octanol–water partition coefficient (Wildman–Crippen LogP) is 5.26. The van der Waals surface area contributed by atoms with E-state index in [2.05, 4.69) is 66.5 Å². The van der Waals surface area contributed by atoms with Crippen LogP contribution in [0, 0.1) is 5.92 Å². The van der Waals surface area contributed by atoms with Gasteiger partial charge in [-0.25, -0.2) is 0 Å². The molecule has 0 heterocycles. The summed E-state index contributed by atoms with van der Waals surface area (Å²) >= 11 is -0.0142. The predicted molar refractivity (Wildman–Crippen MR) is 95.1 cm³/mol. The molecule has 1 nitrogen and oxygen atoms in total. The minimum atomic E-state index is -1.26. The van der Waals surface area contributed by atoms with Crippen LogP contribution >= 0.6 is 24.8 Å². The van der Waals surface area contributed by atoms with Crippen molar-refractivity contribution < 1.29 is 18.4 Å². The first-order valence-corrected chi connectivity index (χ1v) is 13.0. The van der Waals surface area contributed by atoms with Crippen molar-refractivity contribution in [1.29, 1.82) is 0 Å². The van der Waals surface area contributed by atoms with E-state index < -0.39 is 6.10 Å². The maximum Gasteiger partial charge on any atom is -0.147 e. The fraction of sp³-hybridized carbons (Fsp3) is 0.733. The van der Waals surface area contributed by atoms with E-state index in [0.717, 1.165) is 0 Å². The first-order chi connectivity index (χ1) is 7.94. The van der Waals surface area contributed by atoms with Crippen LogP contribution in [0.5, 0.6) is 0 Å². The summed E-state index contributed by atoms with van der Waals surface area (Å²) < 4.78 is 1.80. The molecule has 5 heteroatoms. The van der Waals surface area contributed by atoms with E-state index in [1.165, 1.54) is 0 Å². The Morgan fingerprint density at radius 3 is 1.75 bits per heavy atom. The van der Waals surface area contributed by atoms with Gasteiger partial charge in [0.05, 0.1) is 0 Å². The van der Waals surface area contributed by atoms with Crippen LogP contribution in [0.25, 0.3) is 0 Å². The van der Waals surface area contributed by atoms with Gasteiger partial charge in [0.2, 0.25) is 0 Å². The van der Waals surface area contributed by atoms with E-state index in [0.29, 0.717) is 5.92 Å². The number of rotatable bonds is 3. The smallest absolute Gasteiger partial charge is 0.147 e. The number of hydrogen-bond donors (Lipinski definition) is 1. The Hall–Kier alpha value is 0.951. The van der Waals surface area contributed by atoms with Crippen LogP contribution < -0.4 is 4.98 Å². The van der Waals surface area contributed by atoms with E-state index in [1.54, 1.807) is 20.6 Å². The number of halogens is 2. The monoisotopic (exact) mass is 371 g/mol. The average Bonchev–Trinajstić information content (AvgIpc) is 2.32. The van der Waals surface area contributed by atoms with Gasteiger partial charge < -0.3 is 0 Å². The Morgan fingerprint density at radius 2 is 1.45 bits per heavy atom. The summed E-state index contributed by atoms with van der Waals surface area (Å²) in [6, 6.07) is 0. The largest absolute Gasteiger partial charge is 0.147 e. The number of hydrogen-bond acceptors (Lipinski definition) is 1. The van der Waals surface area contributed by atoms with Crippen LogP contribution in [-0.2, 0) is 18.4 Å². The molecule has 1 unspecified atom stereocenters. The second kappa shape index (κ2) is 7.99. The van der Waals surface area contributed by atoms with Crippen molar-refractivity contribution in [3.8, 4) is 0 Å². The Labute approximate surface area is 147 Å². The van der Waals surface area contributed by atoms with Crippen LogP contribution in [0.4, 0.5) is 0 Å². The first-order valence-electron chi connectivity index (χ1n) is 6.90. The number of allylic oxidation sites excluding steroid dienone is 4. The zero-order chi connectivity index (χ0) is 14.3. The Balaban J connectivity index is 0. The number of nitrogens with one attached hydrogen (secondary N) is 1. The molecule has 0 amide bonds. The van der Waals surface area contributed by atoms with Crippen molar-refractivity contribution >= 4 is 30.9 Å². The van der Waals surface area contributed by atoms with Gasteiger partial charge in [0, 0.05) is 0 Å². The van der Waals surface area contributed by atoms with Gasteiger partial charge in [-0.05, 0) is 0 Å². The fourth-order valence-corrected chi connectivity index (χ4v) is 13.6. The summed E-state index contributed by atoms with van der Waals surface area (Å²) in [5, 5.41) is 0. The van der Waals surface area contributed by atoms with Gasteiger partial charge in [-0.2, -0.15) is 0 Å². The SMILES string of the molecule is CC1=C(C)C(C)[C]([Ti][Si](C)(C)NC(C)(C)C)=C1C.Cl.Cl. The van der Waals surface area contributed by atoms with Crippen molar-refractivity contribution in [1.82, 2.24) is 4.98 Å². The Kier molecular flexibility index (Phi) is 9.27. The van der Waals surface area contributed by atoms with E-state index in [9.17, 15) is 0 Å². The van der Waals surface area contributed by atoms with Gasteiger partial charge in [0.15, 0.2) is 0 Å². The molecule has 0 saturated heterocycles. The van der Waals surface area contributed by atoms with Gasteiger partial charge in [-0.3, -0.25) is 0 Å². The molecular formula is C15H31Cl2NSiTi. The van der Waals surface area contributed by atoms with Crippen molar-refractivity contribution in [3.05, 3.63) is 20.6 Å². The summed E-state index contributed by atoms with van der Waals surface area (Å²) in [4.78, 5) is 3.93. The quantitative estimate of drug-likeness (QED) is 0.666. The van der Waals surface area contributed by atoms with E-state index in [1.807, 2.05) is 0 Å². The molecule has 20 heavy (non-hydrogen) atoms. The van der Waals surface area contributed by atoms with Crippen molar-refractivity contribution in [3.63, 3.8) is 0 Å². The molecule has 1 atom stereocenters. The van der Waals surface area contributed by atoms with Gasteiger partial charge in [-0.15, -0.1) is 24.8 Å². The zero-order valence-electron chi connectivity index (χ0n) is 14.4. The van der Waals surface area contributed by atoms with Gasteiger partial charge in [0.25, 0.3) is 0 Å². The minimum absolute atomic E-state index is 0. The molecule has 0 radical (unpaired) electrons. The summed E-state index contributed by atoms with van der Waals surface area (Å²) in [7, 11) is 0. The fourth-order valence-electron chi connectivity index (χ4n) is 2.87. The molecule has 0 aromatic rings. The van der Waals surface area contributed by atoms with Gasteiger partial charge in [-0.1, -0.05) is 0 Å². The Morgan fingerprint density at radius 1 is 1.00 bits per heavy atom. The van der Waals surface area contributed by atoms with E-state index in [4.69, 9.17) is 0 Å². The standard InChI is InChI=1S/C9H13.C6H16NSi.2ClH.Ti/c1-6-5-7(2)9(4)8(6)3;1-6(2,3)7-8(4)5;;;/h6H,1-4H3;7H,1-5H3;2*1H;. The first kappa shape index (κ1) is 23.2. The third-order valence-electron chi connectivity index (χ3n) is 3.78. The van der Waals surface area contributed by atoms with Crippen LogP contribution in [0.1, 0.15) is 48.5 Å². The molecule has 0 saturated carbocycles. The van der Waals surface area contributed by atoms with Crippen LogP contribution in [-0.4, -0.2) is 11.6 Å². The van der Waals surface area contributed by atoms with Crippen molar-refractivity contribution in [2.24, 2.45) is 5.92 Å². The van der Waals surface area contributed by atoms with Crippen molar-refractivity contribution in [2.45, 2.75) is 67.1 Å². The normalized spacial score (nSPS) is 19.8.